The van der Waals surface area contributed by atoms with Crippen molar-refractivity contribution < 1.29 is 4.79 Å². The number of nitrogens with zero attached hydrogens (tertiary/aromatic N) is 3. The van der Waals surface area contributed by atoms with Gasteiger partial charge in [0.05, 0.1) is 6.54 Å². The first kappa shape index (κ1) is 13.8. The predicted octanol–water partition coefficient (Wildman–Crippen LogP) is 1.74. The lowest BCUT2D eigenvalue weighted by atomic mass is 9.96. The number of carbonyl (C=O) groups excluding carboxylic acids is 1. The van der Waals surface area contributed by atoms with Crippen LogP contribution >= 0.6 is 0 Å². The first-order chi connectivity index (χ1) is 8.97. The highest BCUT2D eigenvalue weighted by Crippen LogP contribution is 2.17. The van der Waals surface area contributed by atoms with Crippen molar-refractivity contribution in [2.24, 2.45) is 5.41 Å². The molecule has 2 rings (SSSR count). The fraction of sp³-hybridized carbons (Fsp3) is 0.643. The molecule has 0 bridgehead atoms. The van der Waals surface area contributed by atoms with Gasteiger partial charge in [0.2, 0.25) is 5.91 Å². The second-order valence-electron chi connectivity index (χ2n) is 5.96. The minimum atomic E-state index is -0.382. The molecule has 0 saturated carbocycles. The van der Waals surface area contributed by atoms with Crippen molar-refractivity contribution in [1.82, 2.24) is 15.3 Å². The molecule has 0 unspecified atom stereocenters. The van der Waals surface area contributed by atoms with Crippen molar-refractivity contribution in [3.63, 3.8) is 0 Å². The Labute approximate surface area is 114 Å². The van der Waals surface area contributed by atoms with Gasteiger partial charge in [0.1, 0.15) is 11.6 Å². The molecule has 0 aromatic carbocycles. The molecule has 1 N–H and O–H groups in total. The third kappa shape index (κ3) is 3.66. The molecular weight excluding hydrogens is 240 g/mol. The van der Waals surface area contributed by atoms with Crippen LogP contribution in [0.4, 0.5) is 5.82 Å². The Bertz CT molecular complexity index is 447. The highest BCUT2D eigenvalue weighted by Gasteiger charge is 2.21. The van der Waals surface area contributed by atoms with Gasteiger partial charge in [-0.25, -0.2) is 9.97 Å². The summed E-state index contributed by atoms with van der Waals surface area (Å²) in [6.07, 6.45) is 4.21. The molecule has 5 heteroatoms. The number of hydrogen-bond donors (Lipinski definition) is 1. The van der Waals surface area contributed by atoms with Gasteiger partial charge in [-0.2, -0.15) is 0 Å². The number of carbonyl (C=O) groups is 1. The molecule has 19 heavy (non-hydrogen) atoms. The normalized spacial score (nSPS) is 15.6. The van der Waals surface area contributed by atoms with E-state index in [1.807, 2.05) is 26.8 Å². The van der Waals surface area contributed by atoms with Crippen LogP contribution in [0.3, 0.4) is 0 Å². The van der Waals surface area contributed by atoms with Crippen molar-refractivity contribution in [2.75, 3.05) is 18.0 Å². The van der Waals surface area contributed by atoms with Crippen LogP contribution in [0.1, 0.15) is 39.4 Å². The summed E-state index contributed by atoms with van der Waals surface area (Å²) in [4.78, 5) is 22.8. The van der Waals surface area contributed by atoms with Crippen molar-refractivity contribution in [3.8, 4) is 0 Å². The average Bonchev–Trinajstić information content (AvgIpc) is 2.89. The monoisotopic (exact) mass is 262 g/mol. The number of aromatic nitrogens is 2. The zero-order chi connectivity index (χ0) is 13.9. The van der Waals surface area contributed by atoms with Crippen LogP contribution in [0, 0.1) is 5.41 Å². The zero-order valence-electron chi connectivity index (χ0n) is 11.9. The number of hydrogen-bond acceptors (Lipinski definition) is 4. The molecule has 0 atom stereocenters. The Hall–Kier alpha value is -1.65. The van der Waals surface area contributed by atoms with E-state index < -0.39 is 0 Å². The van der Waals surface area contributed by atoms with Gasteiger partial charge in [-0.1, -0.05) is 20.8 Å². The molecule has 1 fully saturated rings. The van der Waals surface area contributed by atoms with Crippen LogP contribution in [-0.4, -0.2) is 29.0 Å². The minimum Gasteiger partial charge on any atom is -0.357 e. The SMILES string of the molecule is CC(C)(C)C(=O)NCc1nccc(N2CCCC2)n1. The second-order valence-corrected chi connectivity index (χ2v) is 5.96. The van der Waals surface area contributed by atoms with E-state index in [1.165, 1.54) is 12.8 Å². The summed E-state index contributed by atoms with van der Waals surface area (Å²) in [5.74, 6) is 1.65. The summed E-state index contributed by atoms with van der Waals surface area (Å²) in [6, 6.07) is 1.93. The minimum absolute atomic E-state index is 0.0164. The number of amides is 1. The van der Waals surface area contributed by atoms with E-state index in [2.05, 4.69) is 20.2 Å². The van der Waals surface area contributed by atoms with Gasteiger partial charge >= 0.3 is 0 Å². The smallest absolute Gasteiger partial charge is 0.225 e. The van der Waals surface area contributed by atoms with Crippen molar-refractivity contribution >= 4 is 11.7 Å². The lowest BCUT2D eigenvalue weighted by Crippen LogP contribution is -2.34. The molecule has 1 aromatic rings. The molecule has 1 saturated heterocycles. The van der Waals surface area contributed by atoms with Crippen molar-refractivity contribution in [3.05, 3.63) is 18.1 Å². The van der Waals surface area contributed by atoms with E-state index in [4.69, 9.17) is 0 Å². The standard InChI is InChI=1S/C14H22N4O/c1-14(2,3)13(19)16-10-11-15-7-6-12(17-11)18-8-4-5-9-18/h6-7H,4-5,8-10H2,1-3H3,(H,16,19). The Morgan fingerprint density at radius 2 is 2.05 bits per heavy atom. The van der Waals surface area contributed by atoms with Crippen LogP contribution in [0.15, 0.2) is 12.3 Å². The second kappa shape index (κ2) is 5.55. The first-order valence-corrected chi connectivity index (χ1v) is 6.82. The summed E-state index contributed by atoms with van der Waals surface area (Å²) < 4.78 is 0. The van der Waals surface area contributed by atoms with Gasteiger partial charge in [0.25, 0.3) is 0 Å². The Morgan fingerprint density at radius 1 is 1.37 bits per heavy atom. The summed E-state index contributed by atoms with van der Waals surface area (Å²) in [7, 11) is 0. The Balaban J connectivity index is 1.97. The lowest BCUT2D eigenvalue weighted by Gasteiger charge is -2.18. The maximum Gasteiger partial charge on any atom is 0.225 e. The molecule has 1 amide bonds. The van der Waals surface area contributed by atoms with Gasteiger partial charge in [-0.05, 0) is 18.9 Å². The number of anilines is 1. The third-order valence-corrected chi connectivity index (χ3v) is 3.21. The van der Waals surface area contributed by atoms with Crippen LogP contribution < -0.4 is 10.2 Å². The molecular formula is C14H22N4O. The molecule has 0 radical (unpaired) electrons. The van der Waals surface area contributed by atoms with Gasteiger partial charge in [-0.3, -0.25) is 4.79 Å². The summed E-state index contributed by atoms with van der Waals surface area (Å²) in [5, 5.41) is 2.87. The van der Waals surface area contributed by atoms with E-state index in [0.717, 1.165) is 18.9 Å². The Kier molecular flexibility index (Phi) is 4.02. The number of rotatable bonds is 3. The molecule has 2 heterocycles. The first-order valence-electron chi connectivity index (χ1n) is 6.82. The van der Waals surface area contributed by atoms with E-state index in [0.29, 0.717) is 12.4 Å². The van der Waals surface area contributed by atoms with E-state index in [9.17, 15) is 4.79 Å². The molecule has 104 valence electrons. The summed E-state index contributed by atoms with van der Waals surface area (Å²) in [5.41, 5.74) is -0.382. The van der Waals surface area contributed by atoms with Crippen LogP contribution in [0.5, 0.6) is 0 Å². The molecule has 5 nitrogen and oxygen atoms in total. The van der Waals surface area contributed by atoms with E-state index >= 15 is 0 Å². The fourth-order valence-corrected chi connectivity index (χ4v) is 2.02. The molecule has 1 aromatic heterocycles. The van der Waals surface area contributed by atoms with Gasteiger partial charge in [0.15, 0.2) is 0 Å². The van der Waals surface area contributed by atoms with Gasteiger partial charge < -0.3 is 10.2 Å². The summed E-state index contributed by atoms with van der Waals surface area (Å²) in [6.45, 7) is 8.19. The molecule has 0 aliphatic carbocycles. The average molecular weight is 262 g/mol. The largest absolute Gasteiger partial charge is 0.357 e. The van der Waals surface area contributed by atoms with Crippen LogP contribution in [-0.2, 0) is 11.3 Å². The molecule has 1 aliphatic heterocycles. The van der Waals surface area contributed by atoms with E-state index in [-0.39, 0.29) is 11.3 Å². The summed E-state index contributed by atoms with van der Waals surface area (Å²) >= 11 is 0. The quantitative estimate of drug-likeness (QED) is 0.901. The van der Waals surface area contributed by atoms with Crippen LogP contribution in [0.2, 0.25) is 0 Å². The highest BCUT2D eigenvalue weighted by atomic mass is 16.2. The predicted molar refractivity (Wildman–Crippen MR) is 74.8 cm³/mol. The van der Waals surface area contributed by atoms with Gasteiger partial charge in [-0.15, -0.1) is 0 Å². The maximum atomic E-state index is 11.8. The third-order valence-electron chi connectivity index (χ3n) is 3.21. The van der Waals surface area contributed by atoms with Crippen molar-refractivity contribution in [2.45, 2.75) is 40.2 Å². The maximum absolute atomic E-state index is 11.8. The topological polar surface area (TPSA) is 58.1 Å². The highest BCUT2D eigenvalue weighted by molar-refractivity contribution is 5.81. The van der Waals surface area contributed by atoms with E-state index in [1.54, 1.807) is 6.20 Å². The fourth-order valence-electron chi connectivity index (χ4n) is 2.02. The molecule has 0 spiro atoms. The number of nitrogens with one attached hydrogen (secondary N) is 1. The van der Waals surface area contributed by atoms with Crippen molar-refractivity contribution in [1.29, 1.82) is 0 Å². The van der Waals surface area contributed by atoms with Gasteiger partial charge in [0, 0.05) is 24.7 Å². The zero-order valence-corrected chi connectivity index (χ0v) is 11.9. The van der Waals surface area contributed by atoms with Crippen LogP contribution in [0.25, 0.3) is 0 Å². The lowest BCUT2D eigenvalue weighted by molar-refractivity contribution is -0.128. The molecule has 1 aliphatic rings. The Morgan fingerprint density at radius 3 is 2.68 bits per heavy atom.